The van der Waals surface area contributed by atoms with Gasteiger partial charge in [-0.3, -0.25) is 4.79 Å². The zero-order valence-corrected chi connectivity index (χ0v) is 15.3. The summed E-state index contributed by atoms with van der Waals surface area (Å²) in [5.74, 6) is -0.254. The first-order valence-electron chi connectivity index (χ1n) is 8.62. The third-order valence-corrected chi connectivity index (χ3v) is 5.07. The van der Waals surface area contributed by atoms with Gasteiger partial charge in [0, 0.05) is 18.7 Å². The van der Waals surface area contributed by atoms with E-state index in [1.54, 1.807) is 24.1 Å². The fourth-order valence-electron chi connectivity index (χ4n) is 3.53. The number of methoxy groups -OCH3 is 1. The maximum atomic E-state index is 13.3. The third-order valence-electron chi connectivity index (χ3n) is 5.07. The molecule has 26 heavy (non-hydrogen) atoms. The van der Waals surface area contributed by atoms with Crippen LogP contribution in [0.5, 0.6) is 5.75 Å². The number of carboxylic acid groups (broad SMARTS) is 1. The lowest BCUT2D eigenvalue weighted by molar-refractivity contribution is -0.137. The second kappa shape index (κ2) is 6.83. The highest BCUT2D eigenvalue weighted by atomic mass is 16.5. The lowest BCUT2D eigenvalue weighted by Crippen LogP contribution is -2.45. The molecular formula is C21H23NO4. The predicted molar refractivity (Wildman–Crippen MR) is 98.5 cm³/mol. The SMILES string of the molecule is COc1ccccc1C(C)(C)C(=O)N1CCc2ccc(C(=O)O)cc2C1. The van der Waals surface area contributed by atoms with Gasteiger partial charge in [-0.15, -0.1) is 0 Å². The van der Waals surface area contributed by atoms with Crippen molar-refractivity contribution in [3.63, 3.8) is 0 Å². The number of ether oxygens (including phenoxy) is 1. The maximum absolute atomic E-state index is 13.3. The summed E-state index contributed by atoms with van der Waals surface area (Å²) in [5, 5.41) is 9.20. The smallest absolute Gasteiger partial charge is 0.335 e. The molecule has 1 N–H and O–H groups in total. The van der Waals surface area contributed by atoms with E-state index in [4.69, 9.17) is 4.74 Å². The van der Waals surface area contributed by atoms with Crippen LogP contribution in [0.2, 0.25) is 0 Å². The summed E-state index contributed by atoms with van der Waals surface area (Å²) in [6, 6.07) is 12.7. The Morgan fingerprint density at radius 1 is 1.12 bits per heavy atom. The van der Waals surface area contributed by atoms with Crippen LogP contribution in [0.25, 0.3) is 0 Å². The monoisotopic (exact) mass is 353 g/mol. The highest BCUT2D eigenvalue weighted by Gasteiger charge is 2.37. The van der Waals surface area contributed by atoms with Crippen LogP contribution < -0.4 is 4.74 Å². The van der Waals surface area contributed by atoms with Crippen LogP contribution in [0.15, 0.2) is 42.5 Å². The van der Waals surface area contributed by atoms with Crippen LogP contribution in [0.3, 0.4) is 0 Å². The van der Waals surface area contributed by atoms with E-state index in [1.165, 1.54) is 0 Å². The second-order valence-electron chi connectivity index (χ2n) is 7.09. The third kappa shape index (κ3) is 3.17. The number of rotatable bonds is 4. The number of aromatic carboxylic acids is 1. The molecule has 1 aliphatic heterocycles. The van der Waals surface area contributed by atoms with E-state index >= 15 is 0 Å². The zero-order chi connectivity index (χ0) is 18.9. The minimum atomic E-state index is -0.953. The molecule has 0 atom stereocenters. The number of para-hydroxylation sites is 1. The largest absolute Gasteiger partial charge is 0.496 e. The first kappa shape index (κ1) is 18.0. The first-order valence-corrected chi connectivity index (χ1v) is 8.62. The molecule has 1 amide bonds. The normalized spacial score (nSPS) is 13.9. The highest BCUT2D eigenvalue weighted by molar-refractivity contribution is 5.89. The van der Waals surface area contributed by atoms with Gasteiger partial charge in [0.05, 0.1) is 18.1 Å². The van der Waals surface area contributed by atoms with Crippen molar-refractivity contribution in [1.29, 1.82) is 0 Å². The molecule has 2 aromatic carbocycles. The zero-order valence-electron chi connectivity index (χ0n) is 15.3. The van der Waals surface area contributed by atoms with Gasteiger partial charge in [-0.2, -0.15) is 0 Å². The van der Waals surface area contributed by atoms with Crippen molar-refractivity contribution < 1.29 is 19.4 Å². The molecule has 3 rings (SSSR count). The molecule has 0 spiro atoms. The molecule has 5 heteroatoms. The summed E-state index contributed by atoms with van der Waals surface area (Å²) in [6.07, 6.45) is 0.725. The molecular weight excluding hydrogens is 330 g/mol. The summed E-state index contributed by atoms with van der Waals surface area (Å²) in [7, 11) is 1.60. The Hall–Kier alpha value is -2.82. The van der Waals surface area contributed by atoms with Gasteiger partial charge in [0.1, 0.15) is 5.75 Å². The minimum Gasteiger partial charge on any atom is -0.496 e. The van der Waals surface area contributed by atoms with Crippen LogP contribution in [0.1, 0.15) is 40.9 Å². The number of carboxylic acids is 1. The van der Waals surface area contributed by atoms with Gasteiger partial charge in [0.25, 0.3) is 0 Å². The summed E-state index contributed by atoms with van der Waals surface area (Å²) in [6.45, 7) is 4.84. The number of hydrogen-bond acceptors (Lipinski definition) is 3. The van der Waals surface area contributed by atoms with Gasteiger partial charge in [-0.1, -0.05) is 24.3 Å². The van der Waals surface area contributed by atoms with Gasteiger partial charge in [-0.25, -0.2) is 4.79 Å². The molecule has 0 bridgehead atoms. The lowest BCUT2D eigenvalue weighted by Gasteiger charge is -2.36. The van der Waals surface area contributed by atoms with Crippen LogP contribution in [0, 0.1) is 0 Å². The number of amides is 1. The molecule has 2 aromatic rings. The Morgan fingerprint density at radius 2 is 1.85 bits per heavy atom. The molecule has 0 fully saturated rings. The van der Waals surface area contributed by atoms with Gasteiger partial charge in [-0.05, 0) is 49.6 Å². The number of carbonyl (C=O) groups excluding carboxylic acids is 1. The number of hydrogen-bond donors (Lipinski definition) is 1. The Balaban J connectivity index is 1.89. The van der Waals surface area contributed by atoms with Gasteiger partial charge in [0.2, 0.25) is 5.91 Å². The second-order valence-corrected chi connectivity index (χ2v) is 7.09. The van der Waals surface area contributed by atoms with Crippen molar-refractivity contribution in [2.45, 2.75) is 32.2 Å². The summed E-state index contributed by atoms with van der Waals surface area (Å²) >= 11 is 0. The standard InChI is InChI=1S/C21H23NO4/c1-21(2,17-6-4-5-7-18(17)26-3)20(25)22-11-10-14-8-9-15(19(23)24)12-16(14)13-22/h4-9,12H,10-11,13H2,1-3H3,(H,23,24). The molecule has 0 saturated carbocycles. The molecule has 136 valence electrons. The van der Waals surface area contributed by atoms with E-state index < -0.39 is 11.4 Å². The molecule has 0 aromatic heterocycles. The molecule has 0 radical (unpaired) electrons. The Labute approximate surface area is 153 Å². The van der Waals surface area contributed by atoms with E-state index in [2.05, 4.69) is 0 Å². The van der Waals surface area contributed by atoms with Gasteiger partial charge < -0.3 is 14.7 Å². The van der Waals surface area contributed by atoms with Crippen molar-refractivity contribution >= 4 is 11.9 Å². The number of benzene rings is 2. The average Bonchev–Trinajstić information content (AvgIpc) is 2.66. The molecule has 0 unspecified atom stereocenters. The summed E-state index contributed by atoms with van der Waals surface area (Å²) in [5.41, 5.74) is 2.36. The molecule has 0 saturated heterocycles. The van der Waals surface area contributed by atoms with E-state index in [0.29, 0.717) is 18.8 Å². The van der Waals surface area contributed by atoms with Crippen molar-refractivity contribution in [1.82, 2.24) is 4.90 Å². The Morgan fingerprint density at radius 3 is 2.54 bits per heavy atom. The van der Waals surface area contributed by atoms with Crippen LogP contribution in [-0.4, -0.2) is 35.5 Å². The lowest BCUT2D eigenvalue weighted by atomic mass is 9.81. The quantitative estimate of drug-likeness (QED) is 0.916. The van der Waals surface area contributed by atoms with Gasteiger partial charge in [0.15, 0.2) is 0 Å². The molecule has 5 nitrogen and oxygen atoms in total. The summed E-state index contributed by atoms with van der Waals surface area (Å²) in [4.78, 5) is 26.3. The van der Waals surface area contributed by atoms with E-state index in [-0.39, 0.29) is 11.5 Å². The predicted octanol–water partition coefficient (Wildman–Crippen LogP) is 3.26. The molecule has 1 heterocycles. The van der Waals surface area contributed by atoms with Crippen molar-refractivity contribution in [2.24, 2.45) is 0 Å². The number of carbonyl (C=O) groups is 2. The minimum absolute atomic E-state index is 0.00776. The molecule has 0 aliphatic carbocycles. The average molecular weight is 353 g/mol. The highest BCUT2D eigenvalue weighted by Crippen LogP contribution is 2.34. The number of fused-ring (bicyclic) bond motifs is 1. The fraction of sp³-hybridized carbons (Fsp3) is 0.333. The van der Waals surface area contributed by atoms with Crippen molar-refractivity contribution in [2.75, 3.05) is 13.7 Å². The Bertz CT molecular complexity index is 857. The van der Waals surface area contributed by atoms with E-state index in [9.17, 15) is 14.7 Å². The van der Waals surface area contributed by atoms with E-state index in [0.717, 1.165) is 23.1 Å². The maximum Gasteiger partial charge on any atom is 0.335 e. The summed E-state index contributed by atoms with van der Waals surface area (Å²) < 4.78 is 5.43. The fourth-order valence-corrected chi connectivity index (χ4v) is 3.53. The van der Waals surface area contributed by atoms with Crippen LogP contribution >= 0.6 is 0 Å². The topological polar surface area (TPSA) is 66.8 Å². The van der Waals surface area contributed by atoms with Crippen LogP contribution in [0.4, 0.5) is 0 Å². The van der Waals surface area contributed by atoms with Gasteiger partial charge >= 0.3 is 5.97 Å². The first-order chi connectivity index (χ1) is 12.3. The van der Waals surface area contributed by atoms with Crippen LogP contribution in [-0.2, 0) is 23.2 Å². The Kier molecular flexibility index (Phi) is 4.72. The number of nitrogens with zero attached hydrogens (tertiary/aromatic N) is 1. The van der Waals surface area contributed by atoms with Crippen molar-refractivity contribution in [3.05, 3.63) is 64.7 Å². The van der Waals surface area contributed by atoms with E-state index in [1.807, 2.05) is 44.2 Å². The van der Waals surface area contributed by atoms with Crippen molar-refractivity contribution in [3.8, 4) is 5.75 Å². The molecule has 1 aliphatic rings.